The van der Waals surface area contributed by atoms with Gasteiger partial charge in [-0.05, 0) is 48.9 Å². The maximum atomic E-state index is 6.09. The Morgan fingerprint density at radius 3 is 2.65 bits per heavy atom. The van der Waals surface area contributed by atoms with Gasteiger partial charge in [-0.1, -0.05) is 34.1 Å². The van der Waals surface area contributed by atoms with Gasteiger partial charge in [0.25, 0.3) is 0 Å². The molecule has 0 amide bonds. The lowest BCUT2D eigenvalue weighted by atomic mass is 9.51. The molecule has 2 bridgehead atoms. The van der Waals surface area contributed by atoms with Gasteiger partial charge in [0, 0.05) is 5.41 Å². The number of hydrogen-bond acceptors (Lipinski definition) is 1. The fourth-order valence-corrected chi connectivity index (χ4v) is 5.25. The van der Waals surface area contributed by atoms with E-state index in [1.54, 1.807) is 0 Å². The molecule has 1 heteroatoms. The molecule has 1 nitrogen and oxygen atoms in total. The third kappa shape index (κ3) is 1.35. The summed E-state index contributed by atoms with van der Waals surface area (Å²) in [4.78, 5) is 0. The minimum absolute atomic E-state index is 0.495. The molecular weight excluding hydrogens is 208 g/mol. The lowest BCUT2D eigenvalue weighted by molar-refractivity contribution is -0.0381. The third-order valence-corrected chi connectivity index (χ3v) is 7.19. The van der Waals surface area contributed by atoms with Crippen LogP contribution in [0.1, 0.15) is 66.2 Å². The summed E-state index contributed by atoms with van der Waals surface area (Å²) in [6.45, 7) is 11.0. The molecule has 3 fully saturated rings. The number of fused-ring (bicyclic) bond motifs is 2. The molecule has 2 aliphatic carbocycles. The van der Waals surface area contributed by atoms with Crippen LogP contribution in [-0.2, 0) is 4.74 Å². The largest absolute Gasteiger partial charge is 0.378 e. The van der Waals surface area contributed by atoms with Crippen molar-refractivity contribution in [2.45, 2.75) is 72.3 Å². The molecule has 1 heterocycles. The van der Waals surface area contributed by atoms with Gasteiger partial charge in [-0.15, -0.1) is 0 Å². The molecule has 5 atom stereocenters. The predicted molar refractivity (Wildman–Crippen MR) is 70.9 cm³/mol. The van der Waals surface area contributed by atoms with Gasteiger partial charge in [0.15, 0.2) is 0 Å². The van der Waals surface area contributed by atoms with Crippen LogP contribution in [0.25, 0.3) is 0 Å². The van der Waals surface area contributed by atoms with Crippen LogP contribution in [0.4, 0.5) is 0 Å². The first-order valence-electron chi connectivity index (χ1n) is 7.59. The predicted octanol–water partition coefficient (Wildman–Crippen LogP) is 4.41. The molecule has 5 unspecified atom stereocenters. The molecule has 1 aliphatic heterocycles. The van der Waals surface area contributed by atoms with Gasteiger partial charge in [0.1, 0.15) is 0 Å². The monoisotopic (exact) mass is 236 g/mol. The van der Waals surface area contributed by atoms with Gasteiger partial charge in [0.05, 0.1) is 12.7 Å². The van der Waals surface area contributed by atoms with E-state index in [2.05, 4.69) is 27.7 Å². The summed E-state index contributed by atoms with van der Waals surface area (Å²) in [6, 6.07) is 0. The second-order valence-electron chi connectivity index (χ2n) is 7.52. The van der Waals surface area contributed by atoms with Crippen molar-refractivity contribution >= 4 is 0 Å². The summed E-state index contributed by atoms with van der Waals surface area (Å²) >= 11 is 0. The highest BCUT2D eigenvalue weighted by Gasteiger charge is 2.67. The fourth-order valence-electron chi connectivity index (χ4n) is 5.25. The Hall–Kier alpha value is -0.0400. The minimum Gasteiger partial charge on any atom is -0.378 e. The molecule has 3 aliphatic rings. The first kappa shape index (κ1) is 12.0. The van der Waals surface area contributed by atoms with Crippen molar-refractivity contribution in [3.63, 3.8) is 0 Å². The summed E-state index contributed by atoms with van der Waals surface area (Å²) in [6.07, 6.45) is 8.81. The summed E-state index contributed by atoms with van der Waals surface area (Å²) < 4.78 is 6.09. The molecule has 3 rings (SSSR count). The molecule has 0 aromatic heterocycles. The molecule has 0 N–H and O–H groups in total. The molecule has 2 saturated carbocycles. The van der Waals surface area contributed by atoms with E-state index in [1.165, 1.54) is 38.5 Å². The minimum atomic E-state index is 0.495. The SMILES string of the molecule is CCC(C)(C12CCCC(C1)OC2)C1(C)CC1C. The molecule has 0 aromatic carbocycles. The molecule has 0 radical (unpaired) electrons. The third-order valence-electron chi connectivity index (χ3n) is 7.19. The number of hydrogen-bond donors (Lipinski definition) is 0. The van der Waals surface area contributed by atoms with Crippen LogP contribution in [0.2, 0.25) is 0 Å². The van der Waals surface area contributed by atoms with Crippen LogP contribution in [0.3, 0.4) is 0 Å². The average molecular weight is 236 g/mol. The molecule has 98 valence electrons. The summed E-state index contributed by atoms with van der Waals surface area (Å²) in [5, 5.41) is 0. The van der Waals surface area contributed by atoms with Gasteiger partial charge >= 0.3 is 0 Å². The van der Waals surface area contributed by atoms with Gasteiger partial charge in [0.2, 0.25) is 0 Å². The Morgan fingerprint density at radius 2 is 2.06 bits per heavy atom. The van der Waals surface area contributed by atoms with E-state index >= 15 is 0 Å². The van der Waals surface area contributed by atoms with Crippen molar-refractivity contribution in [3.8, 4) is 0 Å². The van der Waals surface area contributed by atoms with E-state index in [9.17, 15) is 0 Å². The molecule has 0 spiro atoms. The van der Waals surface area contributed by atoms with Crippen molar-refractivity contribution in [3.05, 3.63) is 0 Å². The van der Waals surface area contributed by atoms with E-state index in [0.29, 0.717) is 22.3 Å². The van der Waals surface area contributed by atoms with Crippen molar-refractivity contribution in [1.29, 1.82) is 0 Å². The zero-order chi connectivity index (χ0) is 12.3. The Balaban J connectivity index is 1.95. The lowest BCUT2D eigenvalue weighted by Crippen LogP contribution is -2.47. The van der Waals surface area contributed by atoms with Crippen LogP contribution in [0, 0.1) is 22.2 Å². The van der Waals surface area contributed by atoms with Crippen LogP contribution in [-0.4, -0.2) is 12.7 Å². The van der Waals surface area contributed by atoms with Crippen LogP contribution < -0.4 is 0 Å². The molecular formula is C16H28O. The second kappa shape index (κ2) is 3.50. The molecule has 1 saturated heterocycles. The summed E-state index contributed by atoms with van der Waals surface area (Å²) in [5.41, 5.74) is 1.58. The number of rotatable bonds is 3. The Bertz CT molecular complexity index is 321. The first-order chi connectivity index (χ1) is 7.97. The van der Waals surface area contributed by atoms with Crippen molar-refractivity contribution < 1.29 is 4.74 Å². The fraction of sp³-hybridized carbons (Fsp3) is 1.00. The molecule has 0 aromatic rings. The van der Waals surface area contributed by atoms with Crippen molar-refractivity contribution in [2.75, 3.05) is 6.61 Å². The van der Waals surface area contributed by atoms with E-state index in [-0.39, 0.29) is 0 Å². The Kier molecular flexibility index (Phi) is 2.47. The van der Waals surface area contributed by atoms with Crippen LogP contribution in [0.5, 0.6) is 0 Å². The van der Waals surface area contributed by atoms with E-state index in [1.807, 2.05) is 0 Å². The topological polar surface area (TPSA) is 9.23 Å². The lowest BCUT2D eigenvalue weighted by Gasteiger charge is -2.52. The highest BCUT2D eigenvalue weighted by atomic mass is 16.5. The molecule has 17 heavy (non-hydrogen) atoms. The van der Waals surface area contributed by atoms with Crippen LogP contribution in [0.15, 0.2) is 0 Å². The van der Waals surface area contributed by atoms with Gasteiger partial charge in [-0.3, -0.25) is 0 Å². The maximum Gasteiger partial charge on any atom is 0.0581 e. The highest BCUT2D eigenvalue weighted by molar-refractivity contribution is 5.15. The Morgan fingerprint density at radius 1 is 1.35 bits per heavy atom. The zero-order valence-electron chi connectivity index (χ0n) is 12.0. The van der Waals surface area contributed by atoms with E-state index in [0.717, 1.165) is 12.5 Å². The summed E-state index contributed by atoms with van der Waals surface area (Å²) in [7, 11) is 0. The highest BCUT2D eigenvalue weighted by Crippen LogP contribution is 2.73. The zero-order valence-corrected chi connectivity index (χ0v) is 12.0. The maximum absolute atomic E-state index is 6.09. The standard InChI is InChI=1S/C16H28O/c1-5-15(4,14(3)9-12(14)2)16-8-6-7-13(10-16)17-11-16/h12-13H,5-11H2,1-4H3. The normalized spacial score (nSPS) is 52.2. The van der Waals surface area contributed by atoms with Crippen molar-refractivity contribution in [2.24, 2.45) is 22.2 Å². The van der Waals surface area contributed by atoms with Gasteiger partial charge < -0.3 is 4.74 Å². The van der Waals surface area contributed by atoms with Gasteiger partial charge in [-0.2, -0.15) is 0 Å². The van der Waals surface area contributed by atoms with E-state index < -0.39 is 0 Å². The summed E-state index contributed by atoms with van der Waals surface area (Å²) in [5.74, 6) is 0.919. The number of ether oxygens (including phenoxy) is 1. The quantitative estimate of drug-likeness (QED) is 0.705. The Labute approximate surface area is 106 Å². The average Bonchev–Trinajstić information content (AvgIpc) is 2.83. The van der Waals surface area contributed by atoms with Crippen molar-refractivity contribution in [1.82, 2.24) is 0 Å². The van der Waals surface area contributed by atoms with Gasteiger partial charge in [-0.25, -0.2) is 0 Å². The van der Waals surface area contributed by atoms with E-state index in [4.69, 9.17) is 4.74 Å². The van der Waals surface area contributed by atoms with Crippen LogP contribution >= 0.6 is 0 Å². The first-order valence-corrected chi connectivity index (χ1v) is 7.59. The smallest absolute Gasteiger partial charge is 0.0581 e. The second-order valence-corrected chi connectivity index (χ2v) is 7.52.